The van der Waals surface area contributed by atoms with Gasteiger partial charge in [0.1, 0.15) is 11.4 Å². The molecule has 1 N–H and O–H groups in total. The third kappa shape index (κ3) is 6.10. The van der Waals surface area contributed by atoms with Gasteiger partial charge >= 0.3 is 6.09 Å². The van der Waals surface area contributed by atoms with Crippen LogP contribution in [0.1, 0.15) is 37.5 Å². The van der Waals surface area contributed by atoms with Crippen LogP contribution in [0.5, 0.6) is 0 Å². The highest BCUT2D eigenvalue weighted by atomic mass is 16.6. The van der Waals surface area contributed by atoms with Crippen molar-refractivity contribution in [3.8, 4) is 0 Å². The lowest BCUT2D eigenvalue weighted by atomic mass is 10.1. The van der Waals surface area contributed by atoms with Crippen molar-refractivity contribution in [1.29, 1.82) is 0 Å². The van der Waals surface area contributed by atoms with Crippen molar-refractivity contribution in [2.24, 2.45) is 0 Å². The number of alkyl carbamates (subject to hydrolysis) is 1. The fraction of sp³-hybridized carbons (Fsp3) is 0.400. The van der Waals surface area contributed by atoms with Gasteiger partial charge in [0, 0.05) is 26.3 Å². The zero-order valence-corrected chi connectivity index (χ0v) is 15.7. The number of rotatable bonds is 5. The van der Waals surface area contributed by atoms with Gasteiger partial charge in [-0.1, -0.05) is 30.3 Å². The van der Waals surface area contributed by atoms with Gasteiger partial charge in [0.15, 0.2) is 0 Å². The van der Waals surface area contributed by atoms with Gasteiger partial charge in [-0.15, -0.1) is 0 Å². The van der Waals surface area contributed by atoms with E-state index < -0.39 is 11.7 Å². The van der Waals surface area contributed by atoms with E-state index in [1.165, 1.54) is 5.56 Å². The standard InChI is InChI=1S/C20H27N3O2/c1-15-11-17(13-22-19(24)25-20(2,3)4)12-21-18(15)23(5)14-16-9-7-6-8-10-16/h6-12H,13-14H2,1-5H3,(H,22,24). The maximum absolute atomic E-state index is 11.7. The van der Waals surface area contributed by atoms with Crippen molar-refractivity contribution in [3.05, 3.63) is 59.3 Å². The van der Waals surface area contributed by atoms with Gasteiger partial charge in [0.05, 0.1) is 0 Å². The van der Waals surface area contributed by atoms with Gasteiger partial charge in [0.25, 0.3) is 0 Å². The van der Waals surface area contributed by atoms with Crippen LogP contribution < -0.4 is 10.2 Å². The maximum Gasteiger partial charge on any atom is 0.407 e. The third-order valence-electron chi connectivity index (χ3n) is 3.57. The average Bonchev–Trinajstić information content (AvgIpc) is 2.52. The Morgan fingerprint density at radius 2 is 1.88 bits per heavy atom. The Bertz CT molecular complexity index is 709. The minimum Gasteiger partial charge on any atom is -0.444 e. The van der Waals surface area contributed by atoms with E-state index in [2.05, 4.69) is 27.3 Å². The second kappa shape index (κ2) is 8.01. The van der Waals surface area contributed by atoms with Crippen LogP contribution in [0.25, 0.3) is 0 Å². The Labute approximate surface area is 150 Å². The van der Waals surface area contributed by atoms with Crippen molar-refractivity contribution in [2.45, 2.75) is 46.4 Å². The van der Waals surface area contributed by atoms with Crippen LogP contribution in [-0.4, -0.2) is 23.7 Å². The van der Waals surface area contributed by atoms with Gasteiger partial charge in [-0.25, -0.2) is 9.78 Å². The molecule has 2 aromatic rings. The van der Waals surface area contributed by atoms with Crippen molar-refractivity contribution < 1.29 is 9.53 Å². The van der Waals surface area contributed by atoms with E-state index in [4.69, 9.17) is 4.74 Å². The molecule has 1 heterocycles. The van der Waals surface area contributed by atoms with E-state index in [-0.39, 0.29) is 0 Å². The van der Waals surface area contributed by atoms with E-state index in [0.29, 0.717) is 6.54 Å². The summed E-state index contributed by atoms with van der Waals surface area (Å²) in [4.78, 5) is 18.4. The highest BCUT2D eigenvalue weighted by Crippen LogP contribution is 2.19. The molecule has 0 radical (unpaired) electrons. The smallest absolute Gasteiger partial charge is 0.407 e. The molecule has 25 heavy (non-hydrogen) atoms. The maximum atomic E-state index is 11.7. The molecule has 1 amide bonds. The van der Waals surface area contributed by atoms with Crippen molar-refractivity contribution >= 4 is 11.9 Å². The Kier molecular flexibility index (Phi) is 6.02. The van der Waals surface area contributed by atoms with Crippen molar-refractivity contribution in [2.75, 3.05) is 11.9 Å². The molecule has 0 bridgehead atoms. The molecule has 0 aliphatic heterocycles. The molecular weight excluding hydrogens is 314 g/mol. The Balaban J connectivity index is 1.97. The first kappa shape index (κ1) is 18.8. The molecule has 0 saturated heterocycles. The molecule has 0 aliphatic carbocycles. The van der Waals surface area contributed by atoms with E-state index in [9.17, 15) is 4.79 Å². The van der Waals surface area contributed by atoms with Crippen LogP contribution in [0.2, 0.25) is 0 Å². The zero-order chi connectivity index (χ0) is 18.4. The summed E-state index contributed by atoms with van der Waals surface area (Å²) in [6, 6.07) is 12.3. The summed E-state index contributed by atoms with van der Waals surface area (Å²) in [6.45, 7) is 8.75. The number of nitrogens with one attached hydrogen (secondary N) is 1. The summed E-state index contributed by atoms with van der Waals surface area (Å²) >= 11 is 0. The van der Waals surface area contributed by atoms with Gasteiger partial charge in [0.2, 0.25) is 0 Å². The predicted octanol–water partition coefficient (Wildman–Crippen LogP) is 4.05. The minimum absolute atomic E-state index is 0.394. The number of carbonyl (C=O) groups is 1. The molecule has 0 spiro atoms. The molecule has 0 atom stereocenters. The number of aryl methyl sites for hydroxylation is 1. The number of aromatic nitrogens is 1. The monoisotopic (exact) mass is 341 g/mol. The number of nitrogens with zero attached hydrogens (tertiary/aromatic N) is 2. The Hall–Kier alpha value is -2.56. The number of carbonyl (C=O) groups excluding carboxylic acids is 1. The van der Waals surface area contributed by atoms with Gasteiger partial charge in [-0.2, -0.15) is 0 Å². The lowest BCUT2D eigenvalue weighted by molar-refractivity contribution is 0.0523. The summed E-state index contributed by atoms with van der Waals surface area (Å²) in [5, 5.41) is 2.76. The lowest BCUT2D eigenvalue weighted by Crippen LogP contribution is -2.32. The molecule has 0 fully saturated rings. The molecule has 5 nitrogen and oxygen atoms in total. The van der Waals surface area contributed by atoms with Crippen molar-refractivity contribution in [1.82, 2.24) is 10.3 Å². The number of amides is 1. The number of pyridine rings is 1. The summed E-state index contributed by atoms with van der Waals surface area (Å²) in [5.74, 6) is 0.935. The second-order valence-electron chi connectivity index (χ2n) is 7.18. The third-order valence-corrected chi connectivity index (χ3v) is 3.57. The molecule has 0 aliphatic rings. The number of benzene rings is 1. The molecular formula is C20H27N3O2. The molecule has 1 aromatic heterocycles. The lowest BCUT2D eigenvalue weighted by Gasteiger charge is -2.21. The fourth-order valence-electron chi connectivity index (χ4n) is 2.54. The highest BCUT2D eigenvalue weighted by Gasteiger charge is 2.16. The largest absolute Gasteiger partial charge is 0.444 e. The van der Waals surface area contributed by atoms with Crippen molar-refractivity contribution in [3.63, 3.8) is 0 Å². The molecule has 0 unspecified atom stereocenters. The van der Waals surface area contributed by atoms with E-state index in [0.717, 1.165) is 23.5 Å². The predicted molar refractivity (Wildman–Crippen MR) is 101 cm³/mol. The quantitative estimate of drug-likeness (QED) is 0.891. The molecule has 1 aromatic carbocycles. The topological polar surface area (TPSA) is 54.5 Å². The van der Waals surface area contributed by atoms with Gasteiger partial charge in [-0.3, -0.25) is 0 Å². The number of hydrogen-bond donors (Lipinski definition) is 1. The molecule has 5 heteroatoms. The summed E-state index contributed by atoms with van der Waals surface area (Å²) < 4.78 is 5.24. The van der Waals surface area contributed by atoms with Crippen LogP contribution in [0, 0.1) is 6.92 Å². The van der Waals surface area contributed by atoms with Crippen LogP contribution in [0.4, 0.5) is 10.6 Å². The van der Waals surface area contributed by atoms with Gasteiger partial charge in [-0.05, 0) is 50.5 Å². The molecule has 0 saturated carbocycles. The van der Waals surface area contributed by atoms with E-state index >= 15 is 0 Å². The number of hydrogen-bond acceptors (Lipinski definition) is 4. The normalized spacial score (nSPS) is 11.1. The first-order valence-corrected chi connectivity index (χ1v) is 8.42. The first-order valence-electron chi connectivity index (χ1n) is 8.42. The Morgan fingerprint density at radius 1 is 1.20 bits per heavy atom. The minimum atomic E-state index is -0.498. The van der Waals surface area contributed by atoms with Crippen LogP contribution in [0.3, 0.4) is 0 Å². The number of ether oxygens (including phenoxy) is 1. The SMILES string of the molecule is Cc1cc(CNC(=O)OC(C)(C)C)cnc1N(C)Cc1ccccc1. The van der Waals surface area contributed by atoms with Crippen LogP contribution >= 0.6 is 0 Å². The van der Waals surface area contributed by atoms with E-state index in [1.54, 1.807) is 6.20 Å². The Morgan fingerprint density at radius 3 is 2.48 bits per heavy atom. The van der Waals surface area contributed by atoms with E-state index in [1.807, 2.05) is 59.0 Å². The number of anilines is 1. The zero-order valence-electron chi connectivity index (χ0n) is 15.7. The summed E-state index contributed by atoms with van der Waals surface area (Å²) in [5.41, 5.74) is 2.76. The van der Waals surface area contributed by atoms with Crippen LogP contribution in [0.15, 0.2) is 42.6 Å². The van der Waals surface area contributed by atoms with Gasteiger partial charge < -0.3 is 15.0 Å². The fourth-order valence-corrected chi connectivity index (χ4v) is 2.54. The average molecular weight is 341 g/mol. The second-order valence-corrected chi connectivity index (χ2v) is 7.18. The summed E-state index contributed by atoms with van der Waals surface area (Å²) in [6.07, 6.45) is 1.37. The molecule has 134 valence electrons. The molecule has 2 rings (SSSR count). The summed E-state index contributed by atoms with van der Waals surface area (Å²) in [7, 11) is 2.03. The first-order chi connectivity index (χ1) is 11.7. The highest BCUT2D eigenvalue weighted by molar-refractivity contribution is 5.67. The van der Waals surface area contributed by atoms with Crippen LogP contribution in [-0.2, 0) is 17.8 Å².